The van der Waals surface area contributed by atoms with Gasteiger partial charge in [0.05, 0.1) is 10.0 Å². The second kappa shape index (κ2) is 7.49. The minimum absolute atomic E-state index is 0.192. The van der Waals surface area contributed by atoms with Crippen molar-refractivity contribution in [3.8, 4) is 0 Å². The van der Waals surface area contributed by atoms with Crippen molar-refractivity contribution in [1.82, 2.24) is 4.90 Å². The number of rotatable bonds is 6. The van der Waals surface area contributed by atoms with Crippen molar-refractivity contribution in [2.45, 2.75) is 6.04 Å². The van der Waals surface area contributed by atoms with Gasteiger partial charge in [0.15, 0.2) is 0 Å². The van der Waals surface area contributed by atoms with Crippen LogP contribution in [-0.4, -0.2) is 37.0 Å². The number of nitrogens with two attached hydrogens (primary N) is 1. The molecule has 17 heavy (non-hydrogen) atoms. The van der Waals surface area contributed by atoms with Gasteiger partial charge >= 0.3 is 0 Å². The van der Waals surface area contributed by atoms with Crippen LogP contribution in [0.2, 0.25) is 10.0 Å². The summed E-state index contributed by atoms with van der Waals surface area (Å²) in [6.07, 6.45) is 2.10. The van der Waals surface area contributed by atoms with Crippen molar-refractivity contribution in [3.63, 3.8) is 0 Å². The second-order valence-corrected chi connectivity index (χ2v) is 5.70. The predicted molar refractivity (Wildman–Crippen MR) is 79.3 cm³/mol. The van der Waals surface area contributed by atoms with E-state index < -0.39 is 0 Å². The molecule has 1 unspecified atom stereocenters. The molecule has 0 amide bonds. The predicted octanol–water partition coefficient (Wildman–Crippen LogP) is 3.29. The molecule has 1 aromatic carbocycles. The fourth-order valence-electron chi connectivity index (χ4n) is 1.68. The van der Waals surface area contributed by atoms with Gasteiger partial charge in [-0.3, -0.25) is 4.90 Å². The van der Waals surface area contributed by atoms with Gasteiger partial charge in [-0.05, 0) is 31.0 Å². The summed E-state index contributed by atoms with van der Waals surface area (Å²) in [5.74, 6) is 1.09. The Hall–Kier alpha value is 0.0700. The van der Waals surface area contributed by atoms with Crippen LogP contribution < -0.4 is 5.73 Å². The first-order valence-electron chi connectivity index (χ1n) is 5.44. The first-order valence-corrected chi connectivity index (χ1v) is 7.59. The molecule has 0 aliphatic rings. The van der Waals surface area contributed by atoms with Crippen molar-refractivity contribution in [2.24, 2.45) is 5.73 Å². The van der Waals surface area contributed by atoms with Crippen LogP contribution in [-0.2, 0) is 0 Å². The van der Waals surface area contributed by atoms with Crippen LogP contribution in [0.1, 0.15) is 11.6 Å². The monoisotopic (exact) mass is 292 g/mol. The summed E-state index contributed by atoms with van der Waals surface area (Å²) < 4.78 is 0. The number of nitrogens with zero attached hydrogens (tertiary/aromatic N) is 1. The van der Waals surface area contributed by atoms with Crippen molar-refractivity contribution < 1.29 is 0 Å². The van der Waals surface area contributed by atoms with Crippen LogP contribution in [0.5, 0.6) is 0 Å². The van der Waals surface area contributed by atoms with Gasteiger partial charge in [0.25, 0.3) is 0 Å². The van der Waals surface area contributed by atoms with E-state index in [1.54, 1.807) is 0 Å². The molecule has 0 fully saturated rings. The molecule has 1 aromatic rings. The highest BCUT2D eigenvalue weighted by Gasteiger charge is 2.15. The number of likely N-dealkylation sites (N-methyl/N-ethyl adjacent to an activating group) is 1. The van der Waals surface area contributed by atoms with Crippen LogP contribution in [0, 0.1) is 0 Å². The van der Waals surface area contributed by atoms with Crippen molar-refractivity contribution in [1.29, 1.82) is 0 Å². The molecule has 0 aliphatic carbocycles. The maximum atomic E-state index is 6.03. The number of thioether (sulfide) groups is 1. The zero-order valence-electron chi connectivity index (χ0n) is 10.1. The Kier molecular flexibility index (Phi) is 6.67. The van der Waals surface area contributed by atoms with E-state index in [1.165, 1.54) is 0 Å². The Bertz CT molecular complexity index is 360. The van der Waals surface area contributed by atoms with E-state index in [2.05, 4.69) is 18.2 Å². The lowest BCUT2D eigenvalue weighted by atomic mass is 10.1. The molecule has 0 bridgehead atoms. The molecule has 0 aromatic heterocycles. The Morgan fingerprint density at radius 3 is 2.59 bits per heavy atom. The van der Waals surface area contributed by atoms with Crippen LogP contribution >= 0.6 is 35.0 Å². The molecule has 0 saturated heterocycles. The van der Waals surface area contributed by atoms with Gasteiger partial charge in [0.2, 0.25) is 0 Å². The van der Waals surface area contributed by atoms with Crippen LogP contribution in [0.25, 0.3) is 0 Å². The SMILES string of the molecule is CSCCN(C)C(CN)c1ccc(Cl)c(Cl)c1. The van der Waals surface area contributed by atoms with Crippen molar-refractivity contribution in [2.75, 3.05) is 32.1 Å². The van der Waals surface area contributed by atoms with E-state index >= 15 is 0 Å². The van der Waals surface area contributed by atoms with Gasteiger partial charge in [-0.2, -0.15) is 11.8 Å². The average molecular weight is 293 g/mol. The second-order valence-electron chi connectivity index (χ2n) is 3.90. The normalized spacial score (nSPS) is 13.1. The van der Waals surface area contributed by atoms with Crippen molar-refractivity contribution >= 4 is 35.0 Å². The molecular formula is C12H18Cl2N2S. The molecule has 0 aliphatic heterocycles. The van der Waals surface area contributed by atoms with Crippen molar-refractivity contribution in [3.05, 3.63) is 33.8 Å². The smallest absolute Gasteiger partial charge is 0.0595 e. The van der Waals surface area contributed by atoms with Gasteiger partial charge in [0.1, 0.15) is 0 Å². The topological polar surface area (TPSA) is 29.3 Å². The molecule has 5 heteroatoms. The Morgan fingerprint density at radius 2 is 2.06 bits per heavy atom. The summed E-state index contributed by atoms with van der Waals surface area (Å²) in [4.78, 5) is 2.25. The minimum atomic E-state index is 0.192. The molecule has 0 heterocycles. The average Bonchev–Trinajstić information content (AvgIpc) is 2.32. The molecule has 0 saturated carbocycles. The maximum absolute atomic E-state index is 6.03. The van der Waals surface area contributed by atoms with Gasteiger partial charge in [-0.1, -0.05) is 29.3 Å². The summed E-state index contributed by atoms with van der Waals surface area (Å²) in [6, 6.07) is 5.90. The summed E-state index contributed by atoms with van der Waals surface area (Å²) in [6.45, 7) is 1.58. The minimum Gasteiger partial charge on any atom is -0.329 e. The van der Waals surface area contributed by atoms with Crippen LogP contribution in [0.4, 0.5) is 0 Å². The van der Waals surface area contributed by atoms with Gasteiger partial charge in [-0.15, -0.1) is 0 Å². The Morgan fingerprint density at radius 1 is 1.35 bits per heavy atom. The summed E-state index contributed by atoms with van der Waals surface area (Å²) >= 11 is 13.8. The molecule has 0 spiro atoms. The molecular weight excluding hydrogens is 275 g/mol. The standard InChI is InChI=1S/C12H18Cl2N2S/c1-16(5-6-17-2)12(8-15)9-3-4-10(13)11(14)7-9/h3-4,7,12H,5-6,8,15H2,1-2H3. The third kappa shape index (κ3) is 4.34. The first kappa shape index (κ1) is 15.1. The maximum Gasteiger partial charge on any atom is 0.0595 e. The summed E-state index contributed by atoms with van der Waals surface area (Å²) in [5, 5.41) is 1.17. The molecule has 0 radical (unpaired) electrons. The van der Waals surface area contributed by atoms with E-state index in [9.17, 15) is 0 Å². The zero-order chi connectivity index (χ0) is 12.8. The quantitative estimate of drug-likeness (QED) is 0.872. The molecule has 1 atom stereocenters. The Balaban J connectivity index is 2.81. The fraction of sp³-hybridized carbons (Fsp3) is 0.500. The number of benzene rings is 1. The largest absolute Gasteiger partial charge is 0.329 e. The highest BCUT2D eigenvalue weighted by Crippen LogP contribution is 2.27. The lowest BCUT2D eigenvalue weighted by molar-refractivity contribution is 0.266. The summed E-state index contributed by atoms with van der Waals surface area (Å²) in [5.41, 5.74) is 6.96. The van der Waals surface area contributed by atoms with Crippen LogP contribution in [0.3, 0.4) is 0 Å². The third-order valence-corrected chi connectivity index (χ3v) is 4.06. The third-order valence-electron chi connectivity index (χ3n) is 2.73. The van der Waals surface area contributed by atoms with E-state index in [-0.39, 0.29) is 6.04 Å². The van der Waals surface area contributed by atoms with E-state index in [1.807, 2.05) is 30.0 Å². The molecule has 1 rings (SSSR count). The van der Waals surface area contributed by atoms with E-state index in [4.69, 9.17) is 28.9 Å². The fourth-order valence-corrected chi connectivity index (χ4v) is 2.46. The summed E-state index contributed by atoms with van der Waals surface area (Å²) in [7, 11) is 2.08. The number of hydrogen-bond acceptors (Lipinski definition) is 3. The van der Waals surface area contributed by atoms with E-state index in [0.29, 0.717) is 16.6 Å². The van der Waals surface area contributed by atoms with Crippen LogP contribution in [0.15, 0.2) is 18.2 Å². The molecule has 2 nitrogen and oxygen atoms in total. The highest BCUT2D eigenvalue weighted by molar-refractivity contribution is 7.98. The van der Waals surface area contributed by atoms with Gasteiger partial charge in [-0.25, -0.2) is 0 Å². The molecule has 96 valence electrons. The van der Waals surface area contributed by atoms with Gasteiger partial charge < -0.3 is 5.73 Å². The number of hydrogen-bond donors (Lipinski definition) is 1. The lowest BCUT2D eigenvalue weighted by Gasteiger charge is -2.27. The Labute approximate surface area is 117 Å². The van der Waals surface area contributed by atoms with E-state index in [0.717, 1.165) is 17.9 Å². The number of halogens is 2. The first-order chi connectivity index (χ1) is 8.10. The lowest BCUT2D eigenvalue weighted by Crippen LogP contribution is -2.32. The van der Waals surface area contributed by atoms with Gasteiger partial charge in [0, 0.05) is 24.9 Å². The molecule has 2 N–H and O–H groups in total. The zero-order valence-corrected chi connectivity index (χ0v) is 12.4. The highest BCUT2D eigenvalue weighted by atomic mass is 35.5.